The summed E-state index contributed by atoms with van der Waals surface area (Å²) in [5, 5.41) is 3.21. The molecule has 0 bridgehead atoms. The van der Waals surface area contributed by atoms with Gasteiger partial charge in [0.2, 0.25) is 5.91 Å². The number of hydrogen-bond donors (Lipinski definition) is 1. The number of hydrogen-bond acceptors (Lipinski definition) is 3. The van der Waals surface area contributed by atoms with Crippen molar-refractivity contribution in [3.05, 3.63) is 29.8 Å². The third kappa shape index (κ3) is 3.60. The summed E-state index contributed by atoms with van der Waals surface area (Å²) in [6.07, 6.45) is -3.24. The normalized spacial score (nSPS) is 26.9. The maximum Gasteiger partial charge on any atom is 0.573 e. The van der Waals surface area contributed by atoms with Gasteiger partial charge in [0.1, 0.15) is 5.75 Å². The van der Waals surface area contributed by atoms with E-state index < -0.39 is 6.36 Å². The van der Waals surface area contributed by atoms with Crippen molar-refractivity contribution >= 4 is 5.91 Å². The standard InChI is InChI=1S/C16H19F3N2O2/c1-21(10-6-7-20-9-10)15(22)13-8-12(13)11-4-2-3-5-14(11)23-16(17,18)19/h2-5,10,12-13,20H,6-9H2,1H3/t10-,12-,13+/m0/s1. The number of benzene rings is 1. The van der Waals surface area contributed by atoms with Crippen LogP contribution in [0.5, 0.6) is 5.75 Å². The van der Waals surface area contributed by atoms with Gasteiger partial charge in [-0.15, -0.1) is 13.2 Å². The molecule has 0 spiro atoms. The van der Waals surface area contributed by atoms with E-state index in [1.165, 1.54) is 12.1 Å². The number of carbonyl (C=O) groups excluding carboxylic acids is 1. The molecule has 23 heavy (non-hydrogen) atoms. The first kappa shape index (κ1) is 16.1. The van der Waals surface area contributed by atoms with Crippen LogP contribution in [0.25, 0.3) is 0 Å². The minimum Gasteiger partial charge on any atom is -0.405 e. The molecule has 2 fully saturated rings. The Hall–Kier alpha value is -1.76. The number of alkyl halides is 3. The maximum absolute atomic E-state index is 12.5. The number of para-hydroxylation sites is 1. The fourth-order valence-electron chi connectivity index (χ4n) is 3.23. The highest BCUT2D eigenvalue weighted by atomic mass is 19.4. The molecule has 0 aromatic heterocycles. The van der Waals surface area contributed by atoms with Gasteiger partial charge in [-0.05, 0) is 36.9 Å². The van der Waals surface area contributed by atoms with Crippen molar-refractivity contribution in [1.82, 2.24) is 10.2 Å². The molecule has 1 aromatic rings. The maximum atomic E-state index is 12.5. The smallest absolute Gasteiger partial charge is 0.405 e. The van der Waals surface area contributed by atoms with Crippen molar-refractivity contribution < 1.29 is 22.7 Å². The molecule has 1 aromatic carbocycles. The molecule has 3 atom stereocenters. The van der Waals surface area contributed by atoms with Crippen molar-refractivity contribution in [3.63, 3.8) is 0 Å². The van der Waals surface area contributed by atoms with Crippen LogP contribution in [0.2, 0.25) is 0 Å². The Bertz CT molecular complexity index is 585. The Morgan fingerprint density at radius 3 is 2.74 bits per heavy atom. The SMILES string of the molecule is CN(C(=O)[C@@H]1C[C@H]1c1ccccc1OC(F)(F)F)[C@H]1CCNC1. The van der Waals surface area contributed by atoms with Gasteiger partial charge in [-0.2, -0.15) is 0 Å². The average molecular weight is 328 g/mol. The molecule has 1 heterocycles. The van der Waals surface area contributed by atoms with E-state index in [2.05, 4.69) is 10.1 Å². The monoisotopic (exact) mass is 328 g/mol. The molecular formula is C16H19F3N2O2. The average Bonchev–Trinajstić information content (AvgIpc) is 3.08. The number of halogens is 3. The summed E-state index contributed by atoms with van der Waals surface area (Å²) in [6, 6.07) is 6.25. The minimum atomic E-state index is -4.73. The lowest BCUT2D eigenvalue weighted by Gasteiger charge is -2.24. The summed E-state index contributed by atoms with van der Waals surface area (Å²) in [4.78, 5) is 14.2. The zero-order chi connectivity index (χ0) is 16.6. The molecule has 1 aliphatic heterocycles. The van der Waals surface area contributed by atoms with Crippen molar-refractivity contribution in [2.45, 2.75) is 31.2 Å². The van der Waals surface area contributed by atoms with Crippen LogP contribution in [0, 0.1) is 5.92 Å². The lowest BCUT2D eigenvalue weighted by molar-refractivity contribution is -0.274. The van der Waals surface area contributed by atoms with E-state index in [0.717, 1.165) is 19.5 Å². The molecule has 0 unspecified atom stereocenters. The van der Waals surface area contributed by atoms with E-state index in [1.54, 1.807) is 24.1 Å². The second-order valence-electron chi connectivity index (χ2n) is 6.13. The van der Waals surface area contributed by atoms with Gasteiger partial charge in [-0.25, -0.2) is 0 Å². The first-order valence-corrected chi connectivity index (χ1v) is 7.69. The van der Waals surface area contributed by atoms with Gasteiger partial charge in [0.25, 0.3) is 0 Å². The van der Waals surface area contributed by atoms with Crippen LogP contribution in [-0.2, 0) is 4.79 Å². The van der Waals surface area contributed by atoms with Crippen molar-refractivity contribution in [1.29, 1.82) is 0 Å². The number of amides is 1. The molecule has 126 valence electrons. The largest absolute Gasteiger partial charge is 0.573 e. The third-order valence-corrected chi connectivity index (χ3v) is 4.58. The summed E-state index contributed by atoms with van der Waals surface area (Å²) in [6.45, 7) is 1.66. The van der Waals surface area contributed by atoms with Gasteiger partial charge >= 0.3 is 6.36 Å². The molecule has 7 heteroatoms. The highest BCUT2D eigenvalue weighted by molar-refractivity contribution is 5.83. The van der Waals surface area contributed by atoms with Crippen molar-refractivity contribution in [2.75, 3.05) is 20.1 Å². The van der Waals surface area contributed by atoms with Gasteiger partial charge in [0, 0.05) is 25.6 Å². The van der Waals surface area contributed by atoms with Crippen LogP contribution >= 0.6 is 0 Å². The summed E-state index contributed by atoms with van der Waals surface area (Å²) >= 11 is 0. The van der Waals surface area contributed by atoms with E-state index in [4.69, 9.17) is 0 Å². The zero-order valence-corrected chi connectivity index (χ0v) is 12.8. The zero-order valence-electron chi connectivity index (χ0n) is 12.8. The summed E-state index contributed by atoms with van der Waals surface area (Å²) in [5.41, 5.74) is 0.459. The number of carbonyl (C=O) groups is 1. The van der Waals surface area contributed by atoms with E-state index in [0.29, 0.717) is 12.0 Å². The molecular weight excluding hydrogens is 309 g/mol. The Morgan fingerprint density at radius 1 is 1.35 bits per heavy atom. The summed E-state index contributed by atoms with van der Waals surface area (Å²) < 4.78 is 41.6. The lowest BCUT2D eigenvalue weighted by Crippen LogP contribution is -2.39. The second-order valence-corrected chi connectivity index (χ2v) is 6.13. The molecule has 0 radical (unpaired) electrons. The lowest BCUT2D eigenvalue weighted by atomic mass is 10.1. The molecule has 1 amide bonds. The fourth-order valence-corrected chi connectivity index (χ4v) is 3.23. The van der Waals surface area contributed by atoms with E-state index in [9.17, 15) is 18.0 Å². The molecule has 1 aliphatic carbocycles. The fraction of sp³-hybridized carbons (Fsp3) is 0.562. The highest BCUT2D eigenvalue weighted by Crippen LogP contribution is 2.51. The highest BCUT2D eigenvalue weighted by Gasteiger charge is 2.48. The summed E-state index contributed by atoms with van der Waals surface area (Å²) in [7, 11) is 1.77. The topological polar surface area (TPSA) is 41.6 Å². The molecule has 1 N–H and O–H groups in total. The Kier molecular flexibility index (Phi) is 4.23. The van der Waals surface area contributed by atoms with Gasteiger partial charge in [-0.3, -0.25) is 4.79 Å². The Balaban J connectivity index is 1.69. The number of rotatable bonds is 4. The first-order valence-electron chi connectivity index (χ1n) is 7.69. The molecule has 3 rings (SSSR count). The number of nitrogens with zero attached hydrogens (tertiary/aromatic N) is 1. The van der Waals surface area contributed by atoms with Crippen molar-refractivity contribution in [2.24, 2.45) is 5.92 Å². The van der Waals surface area contributed by atoms with E-state index >= 15 is 0 Å². The van der Waals surface area contributed by atoms with Gasteiger partial charge in [0.15, 0.2) is 0 Å². The molecule has 2 aliphatic rings. The number of ether oxygens (including phenoxy) is 1. The van der Waals surface area contributed by atoms with Crippen LogP contribution in [-0.4, -0.2) is 43.3 Å². The second kappa shape index (κ2) is 6.03. The van der Waals surface area contributed by atoms with Gasteiger partial charge < -0.3 is 15.0 Å². The molecule has 1 saturated carbocycles. The van der Waals surface area contributed by atoms with Crippen LogP contribution < -0.4 is 10.1 Å². The number of likely N-dealkylation sites (N-methyl/N-ethyl adjacent to an activating group) is 1. The van der Waals surface area contributed by atoms with Crippen LogP contribution in [0.4, 0.5) is 13.2 Å². The predicted octanol–water partition coefficient (Wildman–Crippen LogP) is 2.51. The summed E-state index contributed by atoms with van der Waals surface area (Å²) in [5.74, 6) is -0.646. The number of nitrogens with one attached hydrogen (secondary N) is 1. The van der Waals surface area contributed by atoms with E-state index in [-0.39, 0.29) is 29.5 Å². The third-order valence-electron chi connectivity index (χ3n) is 4.58. The predicted molar refractivity (Wildman–Crippen MR) is 78.0 cm³/mol. The Morgan fingerprint density at radius 2 is 2.09 bits per heavy atom. The quantitative estimate of drug-likeness (QED) is 0.923. The van der Waals surface area contributed by atoms with E-state index in [1.807, 2.05) is 0 Å². The van der Waals surface area contributed by atoms with Crippen LogP contribution in [0.3, 0.4) is 0 Å². The Labute approximate surface area is 132 Å². The molecule has 1 saturated heterocycles. The first-order chi connectivity index (χ1) is 10.9. The van der Waals surface area contributed by atoms with Crippen molar-refractivity contribution in [3.8, 4) is 5.75 Å². The molecule has 4 nitrogen and oxygen atoms in total. The van der Waals surface area contributed by atoms with Gasteiger partial charge in [-0.1, -0.05) is 18.2 Å². The van der Waals surface area contributed by atoms with Crippen LogP contribution in [0.1, 0.15) is 24.3 Å². The minimum absolute atomic E-state index is 0.00510. The van der Waals surface area contributed by atoms with Crippen LogP contribution in [0.15, 0.2) is 24.3 Å². The van der Waals surface area contributed by atoms with Gasteiger partial charge in [0.05, 0.1) is 0 Å².